The van der Waals surface area contributed by atoms with Crippen LogP contribution in [0.4, 0.5) is 18.9 Å². The number of halogens is 3. The van der Waals surface area contributed by atoms with Crippen LogP contribution in [0.3, 0.4) is 0 Å². The van der Waals surface area contributed by atoms with E-state index in [1.807, 2.05) is 0 Å². The number of ether oxygens (including phenoxy) is 2. The van der Waals surface area contributed by atoms with Crippen LogP contribution in [0, 0.1) is 0 Å². The zero-order valence-corrected chi connectivity index (χ0v) is 11.7. The summed E-state index contributed by atoms with van der Waals surface area (Å²) in [6.45, 7) is 0.731. The second-order valence-electron chi connectivity index (χ2n) is 4.13. The molecule has 1 rings (SSSR count). The lowest BCUT2D eigenvalue weighted by atomic mass is 10.1. The quantitative estimate of drug-likeness (QED) is 0.755. The van der Waals surface area contributed by atoms with Gasteiger partial charge in [-0.25, -0.2) is 0 Å². The van der Waals surface area contributed by atoms with Gasteiger partial charge in [0.15, 0.2) is 0 Å². The maximum atomic E-state index is 12.9. The summed E-state index contributed by atoms with van der Waals surface area (Å²) < 4.78 is 48.3. The molecule has 1 aromatic carbocycles. The molecule has 0 aliphatic heterocycles. The number of amides is 1. The highest BCUT2D eigenvalue weighted by atomic mass is 19.4. The Morgan fingerprint density at radius 1 is 1.29 bits per heavy atom. The van der Waals surface area contributed by atoms with Gasteiger partial charge < -0.3 is 20.1 Å². The molecule has 5 nitrogen and oxygen atoms in total. The van der Waals surface area contributed by atoms with Crippen molar-refractivity contribution in [2.75, 3.05) is 39.2 Å². The van der Waals surface area contributed by atoms with E-state index in [-0.39, 0.29) is 18.0 Å². The first kappa shape index (κ1) is 17.3. The summed E-state index contributed by atoms with van der Waals surface area (Å²) in [5, 5.41) is 4.97. The summed E-state index contributed by atoms with van der Waals surface area (Å²) >= 11 is 0. The van der Waals surface area contributed by atoms with Gasteiger partial charge in [-0.3, -0.25) is 4.79 Å². The molecule has 118 valence electrons. The molecule has 0 atom stereocenters. The van der Waals surface area contributed by atoms with Gasteiger partial charge in [0.25, 0.3) is 0 Å². The van der Waals surface area contributed by atoms with Gasteiger partial charge in [-0.2, -0.15) is 13.2 Å². The minimum absolute atomic E-state index is 0.0681. The lowest BCUT2D eigenvalue weighted by molar-refractivity contribution is -0.137. The molecule has 0 fully saturated rings. The number of anilines is 1. The highest BCUT2D eigenvalue weighted by Gasteiger charge is 2.34. The van der Waals surface area contributed by atoms with Crippen LogP contribution in [-0.4, -0.2) is 39.8 Å². The molecule has 0 spiro atoms. The van der Waals surface area contributed by atoms with Gasteiger partial charge in [0.2, 0.25) is 5.91 Å². The van der Waals surface area contributed by atoms with E-state index >= 15 is 0 Å². The fourth-order valence-electron chi connectivity index (χ4n) is 1.56. The van der Waals surface area contributed by atoms with Crippen molar-refractivity contribution in [3.05, 3.63) is 23.8 Å². The van der Waals surface area contributed by atoms with Crippen LogP contribution in [0.2, 0.25) is 0 Å². The number of methoxy groups -OCH3 is 2. The van der Waals surface area contributed by atoms with Crippen molar-refractivity contribution in [1.29, 1.82) is 0 Å². The first-order chi connectivity index (χ1) is 9.88. The van der Waals surface area contributed by atoms with Gasteiger partial charge in [-0.15, -0.1) is 0 Å². The van der Waals surface area contributed by atoms with E-state index in [1.165, 1.54) is 20.3 Å². The molecule has 0 aliphatic carbocycles. The third-order valence-corrected chi connectivity index (χ3v) is 2.57. The molecular formula is C13H17F3N2O3. The van der Waals surface area contributed by atoms with Crippen LogP contribution in [0.25, 0.3) is 0 Å². The normalized spacial score (nSPS) is 11.3. The second-order valence-corrected chi connectivity index (χ2v) is 4.13. The Balaban J connectivity index is 2.76. The summed E-state index contributed by atoms with van der Waals surface area (Å²) in [5.41, 5.74) is -1.26. The SMILES string of the molecule is COCCNCC(=O)Nc1ccc(OC)cc1C(F)(F)F. The lowest BCUT2D eigenvalue weighted by Crippen LogP contribution is -2.30. The molecule has 1 aromatic rings. The predicted octanol–water partition coefficient (Wildman–Crippen LogP) is 1.89. The summed E-state index contributed by atoms with van der Waals surface area (Å²) in [6, 6.07) is 3.35. The molecule has 21 heavy (non-hydrogen) atoms. The second kappa shape index (κ2) is 7.84. The number of hydrogen-bond donors (Lipinski definition) is 2. The number of carbonyl (C=O) groups is 1. The van der Waals surface area contributed by atoms with E-state index in [1.54, 1.807) is 0 Å². The van der Waals surface area contributed by atoms with E-state index in [4.69, 9.17) is 9.47 Å². The van der Waals surface area contributed by atoms with E-state index < -0.39 is 17.6 Å². The van der Waals surface area contributed by atoms with Gasteiger partial charge in [0.1, 0.15) is 5.75 Å². The van der Waals surface area contributed by atoms with Crippen molar-refractivity contribution in [2.45, 2.75) is 6.18 Å². The average molecular weight is 306 g/mol. The molecule has 0 aromatic heterocycles. The Bertz CT molecular complexity index is 478. The van der Waals surface area contributed by atoms with Gasteiger partial charge >= 0.3 is 6.18 Å². The summed E-state index contributed by atoms with van der Waals surface area (Å²) in [5.74, 6) is -0.500. The smallest absolute Gasteiger partial charge is 0.418 e. The Kier molecular flexibility index (Phi) is 6.44. The summed E-state index contributed by atoms with van der Waals surface area (Å²) in [4.78, 5) is 11.6. The van der Waals surface area contributed by atoms with Crippen LogP contribution in [0.1, 0.15) is 5.56 Å². The Morgan fingerprint density at radius 3 is 2.57 bits per heavy atom. The molecule has 0 saturated heterocycles. The minimum Gasteiger partial charge on any atom is -0.497 e. The molecule has 0 heterocycles. The number of rotatable bonds is 7. The minimum atomic E-state index is -4.58. The molecule has 0 unspecified atom stereocenters. The Labute approximate surface area is 120 Å². The standard InChI is InChI=1S/C13H17F3N2O3/c1-20-6-5-17-8-12(19)18-11-4-3-9(21-2)7-10(11)13(14,15)16/h3-4,7,17H,5-6,8H2,1-2H3,(H,18,19). The van der Waals surface area contributed by atoms with Gasteiger partial charge in [0, 0.05) is 13.7 Å². The fourth-order valence-corrected chi connectivity index (χ4v) is 1.56. The van der Waals surface area contributed by atoms with Crippen LogP contribution in [0.5, 0.6) is 5.75 Å². The van der Waals surface area contributed by atoms with Crippen molar-refractivity contribution in [3.8, 4) is 5.75 Å². The maximum absolute atomic E-state index is 12.9. The molecule has 2 N–H and O–H groups in total. The number of hydrogen-bond acceptors (Lipinski definition) is 4. The zero-order chi connectivity index (χ0) is 15.9. The predicted molar refractivity (Wildman–Crippen MR) is 71.4 cm³/mol. The summed E-state index contributed by atoms with van der Waals surface area (Å²) in [6.07, 6.45) is -4.58. The van der Waals surface area contributed by atoms with Crippen molar-refractivity contribution < 1.29 is 27.4 Å². The van der Waals surface area contributed by atoms with Crippen LogP contribution in [-0.2, 0) is 15.7 Å². The topological polar surface area (TPSA) is 59.6 Å². The van der Waals surface area contributed by atoms with Crippen molar-refractivity contribution in [2.24, 2.45) is 0 Å². The number of nitrogens with one attached hydrogen (secondary N) is 2. The highest BCUT2D eigenvalue weighted by molar-refractivity contribution is 5.93. The largest absolute Gasteiger partial charge is 0.497 e. The third-order valence-electron chi connectivity index (χ3n) is 2.57. The van der Waals surface area contributed by atoms with E-state index in [0.717, 1.165) is 12.1 Å². The lowest BCUT2D eigenvalue weighted by Gasteiger charge is -2.15. The van der Waals surface area contributed by atoms with Crippen molar-refractivity contribution >= 4 is 11.6 Å². The third kappa shape index (κ3) is 5.60. The van der Waals surface area contributed by atoms with E-state index in [0.29, 0.717) is 13.2 Å². The Morgan fingerprint density at radius 2 is 2.00 bits per heavy atom. The zero-order valence-electron chi connectivity index (χ0n) is 11.7. The van der Waals surface area contributed by atoms with Crippen LogP contribution < -0.4 is 15.4 Å². The fraction of sp³-hybridized carbons (Fsp3) is 0.462. The first-order valence-electron chi connectivity index (χ1n) is 6.13. The van der Waals surface area contributed by atoms with Crippen LogP contribution in [0.15, 0.2) is 18.2 Å². The Hall–Kier alpha value is -1.80. The molecular weight excluding hydrogens is 289 g/mol. The first-order valence-corrected chi connectivity index (χ1v) is 6.13. The molecule has 0 aliphatic rings. The van der Waals surface area contributed by atoms with E-state index in [9.17, 15) is 18.0 Å². The van der Waals surface area contributed by atoms with E-state index in [2.05, 4.69) is 10.6 Å². The van der Waals surface area contributed by atoms with Crippen LogP contribution >= 0.6 is 0 Å². The molecule has 0 radical (unpaired) electrons. The molecule has 0 saturated carbocycles. The van der Waals surface area contributed by atoms with Gasteiger partial charge in [-0.05, 0) is 18.2 Å². The molecule has 1 amide bonds. The van der Waals surface area contributed by atoms with Gasteiger partial charge in [0.05, 0.1) is 31.5 Å². The summed E-state index contributed by atoms with van der Waals surface area (Å²) in [7, 11) is 2.78. The maximum Gasteiger partial charge on any atom is 0.418 e. The number of benzene rings is 1. The highest BCUT2D eigenvalue weighted by Crippen LogP contribution is 2.37. The number of alkyl halides is 3. The monoisotopic (exact) mass is 306 g/mol. The molecule has 0 bridgehead atoms. The van der Waals surface area contributed by atoms with Gasteiger partial charge in [-0.1, -0.05) is 0 Å². The van der Waals surface area contributed by atoms with Crippen molar-refractivity contribution in [3.63, 3.8) is 0 Å². The molecule has 8 heteroatoms. The van der Waals surface area contributed by atoms with Crippen molar-refractivity contribution in [1.82, 2.24) is 5.32 Å². The number of carbonyl (C=O) groups excluding carboxylic acids is 1. The average Bonchev–Trinajstić information content (AvgIpc) is 2.43.